The molecule has 0 unspecified atom stereocenters. The average Bonchev–Trinajstić information content (AvgIpc) is 3.28. The molecule has 3 aromatic heterocycles. The second kappa shape index (κ2) is 6.67. The largest absolute Gasteiger partial charge is 0.497 e. The lowest BCUT2D eigenvalue weighted by molar-refractivity contribution is 0.378. The van der Waals surface area contributed by atoms with E-state index in [1.807, 2.05) is 50.2 Å². The Bertz CT molecular complexity index is 1080. The summed E-state index contributed by atoms with van der Waals surface area (Å²) in [6.45, 7) is 2.28. The lowest BCUT2D eigenvalue weighted by Crippen LogP contribution is -2.19. The second-order valence-corrected chi connectivity index (χ2v) is 6.20. The van der Waals surface area contributed by atoms with Crippen LogP contribution in [-0.2, 0) is 13.6 Å². The number of benzene rings is 1. The number of nitrogens with zero attached hydrogens (tertiary/aromatic N) is 7. The molecule has 0 aliphatic carbocycles. The van der Waals surface area contributed by atoms with Gasteiger partial charge in [0, 0.05) is 19.7 Å². The van der Waals surface area contributed by atoms with Crippen LogP contribution in [0.2, 0.25) is 0 Å². The van der Waals surface area contributed by atoms with Gasteiger partial charge in [-0.1, -0.05) is 5.16 Å². The lowest BCUT2D eigenvalue weighted by Gasteiger charge is -2.16. The van der Waals surface area contributed by atoms with Gasteiger partial charge in [-0.3, -0.25) is 4.68 Å². The maximum Gasteiger partial charge on any atom is 0.246 e. The van der Waals surface area contributed by atoms with E-state index in [9.17, 15) is 0 Å². The molecule has 4 aromatic rings. The monoisotopic (exact) mass is 365 g/mol. The summed E-state index contributed by atoms with van der Waals surface area (Å²) in [6.07, 6.45) is 1.76. The van der Waals surface area contributed by atoms with Crippen LogP contribution in [0.15, 0.2) is 35.0 Å². The molecule has 0 amide bonds. The van der Waals surface area contributed by atoms with Gasteiger partial charge in [0.25, 0.3) is 0 Å². The number of anilines is 1. The van der Waals surface area contributed by atoms with Crippen molar-refractivity contribution in [2.24, 2.45) is 7.05 Å². The van der Waals surface area contributed by atoms with Gasteiger partial charge >= 0.3 is 0 Å². The lowest BCUT2D eigenvalue weighted by atomic mass is 10.2. The Labute approximate surface area is 155 Å². The molecule has 3 heterocycles. The van der Waals surface area contributed by atoms with Crippen molar-refractivity contribution < 1.29 is 9.26 Å². The van der Waals surface area contributed by atoms with Gasteiger partial charge in [-0.25, -0.2) is 9.97 Å². The van der Waals surface area contributed by atoms with Gasteiger partial charge in [0.2, 0.25) is 11.7 Å². The van der Waals surface area contributed by atoms with Crippen molar-refractivity contribution in [3.05, 3.63) is 42.2 Å². The maximum absolute atomic E-state index is 5.42. The summed E-state index contributed by atoms with van der Waals surface area (Å²) in [7, 11) is 5.41. The fourth-order valence-corrected chi connectivity index (χ4v) is 2.86. The molecule has 0 saturated carbocycles. The van der Waals surface area contributed by atoms with E-state index in [4.69, 9.17) is 9.26 Å². The zero-order valence-corrected chi connectivity index (χ0v) is 15.5. The molecule has 0 atom stereocenters. The summed E-state index contributed by atoms with van der Waals surface area (Å²) < 4.78 is 12.3. The van der Waals surface area contributed by atoms with E-state index in [1.54, 1.807) is 18.0 Å². The molecule has 1 aromatic carbocycles. The number of hydrogen-bond donors (Lipinski definition) is 0. The average molecular weight is 365 g/mol. The van der Waals surface area contributed by atoms with Crippen LogP contribution in [0.4, 0.5) is 5.82 Å². The highest BCUT2D eigenvalue weighted by atomic mass is 16.5. The normalized spacial score (nSPS) is 11.1. The van der Waals surface area contributed by atoms with Gasteiger partial charge < -0.3 is 14.2 Å². The van der Waals surface area contributed by atoms with E-state index < -0.39 is 0 Å². The predicted octanol–water partition coefficient (Wildman–Crippen LogP) is 2.37. The quantitative estimate of drug-likeness (QED) is 0.532. The fraction of sp³-hybridized carbons (Fsp3) is 0.278. The fourth-order valence-electron chi connectivity index (χ4n) is 2.86. The molecule has 0 saturated heterocycles. The van der Waals surface area contributed by atoms with Gasteiger partial charge in [0.05, 0.1) is 25.2 Å². The number of methoxy groups -OCH3 is 1. The summed E-state index contributed by atoms with van der Waals surface area (Å²) in [5, 5.41) is 9.22. The van der Waals surface area contributed by atoms with E-state index in [1.165, 1.54) is 0 Å². The molecule has 0 radical (unpaired) electrons. The zero-order valence-electron chi connectivity index (χ0n) is 15.5. The third-order valence-electron chi connectivity index (χ3n) is 4.23. The Hall–Kier alpha value is -3.49. The van der Waals surface area contributed by atoms with Gasteiger partial charge in [-0.2, -0.15) is 10.1 Å². The van der Waals surface area contributed by atoms with Crippen LogP contribution in [0.5, 0.6) is 5.75 Å². The number of rotatable bonds is 5. The summed E-state index contributed by atoms with van der Waals surface area (Å²) in [5.41, 5.74) is 1.65. The van der Waals surface area contributed by atoms with Crippen molar-refractivity contribution in [1.82, 2.24) is 29.9 Å². The Balaban J connectivity index is 1.59. The number of hydrogen-bond acceptors (Lipinski definition) is 8. The second-order valence-electron chi connectivity index (χ2n) is 6.20. The van der Waals surface area contributed by atoms with Crippen LogP contribution in [0.1, 0.15) is 11.7 Å². The van der Waals surface area contributed by atoms with Crippen LogP contribution in [-0.4, -0.2) is 44.0 Å². The standard InChI is InChI=1S/C18H19N7O2/c1-11-20-17(14-9-19-25(3)18(14)21-11)24(2)10-15-22-16(23-27-15)12-5-7-13(26-4)8-6-12/h5-9H,10H2,1-4H3. The number of aromatic nitrogens is 6. The van der Waals surface area contributed by atoms with Crippen LogP contribution >= 0.6 is 0 Å². The Kier molecular flexibility index (Phi) is 4.19. The molecular formula is C18H19N7O2. The van der Waals surface area contributed by atoms with Crippen LogP contribution in [0, 0.1) is 6.92 Å². The molecule has 138 valence electrons. The molecule has 0 fully saturated rings. The zero-order chi connectivity index (χ0) is 19.0. The first-order valence-corrected chi connectivity index (χ1v) is 8.39. The maximum atomic E-state index is 5.42. The van der Waals surface area contributed by atoms with E-state index >= 15 is 0 Å². The third-order valence-corrected chi connectivity index (χ3v) is 4.23. The summed E-state index contributed by atoms with van der Waals surface area (Å²) >= 11 is 0. The first kappa shape index (κ1) is 17.0. The Morgan fingerprint density at radius 2 is 1.93 bits per heavy atom. The molecule has 4 rings (SSSR count). The number of fused-ring (bicyclic) bond motifs is 1. The van der Waals surface area contributed by atoms with Crippen molar-refractivity contribution in [3.8, 4) is 17.1 Å². The van der Waals surface area contributed by atoms with Crippen molar-refractivity contribution in [2.45, 2.75) is 13.5 Å². The SMILES string of the molecule is COc1ccc(-c2noc(CN(C)c3nc(C)nc4c3cnn4C)n2)cc1. The first-order valence-electron chi connectivity index (χ1n) is 8.39. The highest BCUT2D eigenvalue weighted by Gasteiger charge is 2.17. The smallest absolute Gasteiger partial charge is 0.246 e. The highest BCUT2D eigenvalue weighted by molar-refractivity contribution is 5.86. The molecule has 9 nitrogen and oxygen atoms in total. The minimum Gasteiger partial charge on any atom is -0.497 e. The molecule has 0 N–H and O–H groups in total. The van der Waals surface area contributed by atoms with Gasteiger partial charge in [0.15, 0.2) is 5.65 Å². The summed E-state index contributed by atoms with van der Waals surface area (Å²) in [5.74, 6) is 3.26. The Morgan fingerprint density at radius 1 is 1.15 bits per heavy atom. The predicted molar refractivity (Wildman–Crippen MR) is 99.4 cm³/mol. The van der Waals surface area contributed by atoms with Crippen molar-refractivity contribution >= 4 is 16.9 Å². The van der Waals surface area contributed by atoms with Gasteiger partial charge in [-0.15, -0.1) is 0 Å². The molecule has 0 aliphatic heterocycles. The number of ether oxygens (including phenoxy) is 1. The van der Waals surface area contributed by atoms with Crippen molar-refractivity contribution in [1.29, 1.82) is 0 Å². The Morgan fingerprint density at radius 3 is 2.67 bits per heavy atom. The van der Waals surface area contributed by atoms with E-state index in [-0.39, 0.29) is 0 Å². The highest BCUT2D eigenvalue weighted by Crippen LogP contribution is 2.24. The topological polar surface area (TPSA) is 95.0 Å². The molecule has 0 spiro atoms. The third kappa shape index (κ3) is 3.19. The van der Waals surface area contributed by atoms with E-state index in [0.717, 1.165) is 28.2 Å². The van der Waals surface area contributed by atoms with Crippen LogP contribution < -0.4 is 9.64 Å². The number of aryl methyl sites for hydroxylation is 2. The summed E-state index contributed by atoms with van der Waals surface area (Å²) in [4.78, 5) is 15.4. The van der Waals surface area contributed by atoms with Crippen molar-refractivity contribution in [2.75, 3.05) is 19.1 Å². The summed E-state index contributed by atoms with van der Waals surface area (Å²) in [6, 6.07) is 7.51. The van der Waals surface area contributed by atoms with Gasteiger partial charge in [0.1, 0.15) is 17.4 Å². The van der Waals surface area contributed by atoms with E-state index in [2.05, 4.69) is 25.2 Å². The molecule has 27 heavy (non-hydrogen) atoms. The van der Waals surface area contributed by atoms with Crippen LogP contribution in [0.25, 0.3) is 22.4 Å². The minimum atomic E-state index is 0.420. The molecule has 0 bridgehead atoms. The molecule has 9 heteroatoms. The van der Waals surface area contributed by atoms with E-state index in [0.29, 0.717) is 24.1 Å². The van der Waals surface area contributed by atoms with Crippen LogP contribution in [0.3, 0.4) is 0 Å². The molecule has 0 aliphatic rings. The molecular weight excluding hydrogens is 346 g/mol. The minimum absolute atomic E-state index is 0.420. The van der Waals surface area contributed by atoms with Gasteiger partial charge in [-0.05, 0) is 31.2 Å². The van der Waals surface area contributed by atoms with Crippen molar-refractivity contribution in [3.63, 3.8) is 0 Å². The first-order chi connectivity index (χ1) is 13.0.